The van der Waals surface area contributed by atoms with Gasteiger partial charge in [0.15, 0.2) is 0 Å². The minimum atomic E-state index is 0.187. The standard InChI is InChI=1S/C17H24BrN3/c1-13-5-4-8-17(10-13,21(2)3)12-20-16-9-15(18)7-6-14(16)11-19/h6-7,9,13,20H,4-5,8,10,12H2,1-3H3. The van der Waals surface area contributed by atoms with Crippen LogP contribution in [0.3, 0.4) is 0 Å². The normalized spacial score (nSPS) is 25.6. The van der Waals surface area contributed by atoms with Crippen LogP contribution in [0.2, 0.25) is 0 Å². The highest BCUT2D eigenvalue weighted by molar-refractivity contribution is 9.10. The average Bonchev–Trinajstić information content (AvgIpc) is 2.45. The Morgan fingerprint density at radius 3 is 2.86 bits per heavy atom. The van der Waals surface area contributed by atoms with Crippen molar-refractivity contribution >= 4 is 21.6 Å². The molecule has 0 spiro atoms. The summed E-state index contributed by atoms with van der Waals surface area (Å²) in [7, 11) is 4.34. The fourth-order valence-electron chi connectivity index (χ4n) is 3.38. The predicted octanol–water partition coefficient (Wildman–Crippen LogP) is 4.24. The van der Waals surface area contributed by atoms with Gasteiger partial charge < -0.3 is 10.2 Å². The molecule has 2 atom stereocenters. The lowest BCUT2D eigenvalue weighted by Gasteiger charge is -2.45. The van der Waals surface area contributed by atoms with Crippen LogP contribution in [0.25, 0.3) is 0 Å². The van der Waals surface area contributed by atoms with Crippen molar-refractivity contribution in [3.63, 3.8) is 0 Å². The van der Waals surface area contributed by atoms with Crippen LogP contribution in [-0.4, -0.2) is 31.1 Å². The summed E-state index contributed by atoms with van der Waals surface area (Å²) in [6.07, 6.45) is 5.04. The first kappa shape index (κ1) is 16.3. The average molecular weight is 350 g/mol. The van der Waals surface area contributed by atoms with Crippen molar-refractivity contribution in [2.45, 2.75) is 38.1 Å². The highest BCUT2D eigenvalue weighted by Crippen LogP contribution is 2.36. The van der Waals surface area contributed by atoms with Crippen molar-refractivity contribution < 1.29 is 0 Å². The molecule has 0 radical (unpaired) electrons. The Morgan fingerprint density at radius 1 is 1.48 bits per heavy atom. The van der Waals surface area contributed by atoms with Gasteiger partial charge in [0.2, 0.25) is 0 Å². The summed E-state index contributed by atoms with van der Waals surface area (Å²) in [6.45, 7) is 3.23. The van der Waals surface area contributed by atoms with Gasteiger partial charge in [0.1, 0.15) is 6.07 Å². The van der Waals surface area contributed by atoms with E-state index in [0.717, 1.165) is 22.6 Å². The van der Waals surface area contributed by atoms with Gasteiger partial charge >= 0.3 is 0 Å². The monoisotopic (exact) mass is 349 g/mol. The minimum absolute atomic E-state index is 0.187. The van der Waals surface area contributed by atoms with Crippen LogP contribution in [-0.2, 0) is 0 Å². The third-order valence-corrected chi connectivity index (χ3v) is 5.22. The van der Waals surface area contributed by atoms with E-state index >= 15 is 0 Å². The molecule has 1 aromatic carbocycles. The zero-order valence-electron chi connectivity index (χ0n) is 13.1. The lowest BCUT2D eigenvalue weighted by atomic mass is 9.75. The molecule has 1 fully saturated rings. The summed E-state index contributed by atoms with van der Waals surface area (Å²) in [5.74, 6) is 0.765. The largest absolute Gasteiger partial charge is 0.382 e. The lowest BCUT2D eigenvalue weighted by Crippen LogP contribution is -2.52. The topological polar surface area (TPSA) is 39.1 Å². The van der Waals surface area contributed by atoms with E-state index in [1.165, 1.54) is 25.7 Å². The van der Waals surface area contributed by atoms with Crippen molar-refractivity contribution in [1.29, 1.82) is 5.26 Å². The molecule has 1 aliphatic rings. The van der Waals surface area contributed by atoms with Gasteiger partial charge in [-0.05, 0) is 51.1 Å². The molecular formula is C17H24BrN3. The van der Waals surface area contributed by atoms with Crippen LogP contribution < -0.4 is 5.32 Å². The molecule has 0 aromatic heterocycles. The molecule has 4 heteroatoms. The minimum Gasteiger partial charge on any atom is -0.382 e. The van der Waals surface area contributed by atoms with Crippen LogP contribution >= 0.6 is 15.9 Å². The van der Waals surface area contributed by atoms with Crippen LogP contribution in [0.5, 0.6) is 0 Å². The molecule has 21 heavy (non-hydrogen) atoms. The summed E-state index contributed by atoms with van der Waals surface area (Å²) >= 11 is 3.48. The van der Waals surface area contributed by atoms with E-state index in [9.17, 15) is 5.26 Å². The summed E-state index contributed by atoms with van der Waals surface area (Å²) in [6, 6.07) is 8.03. The van der Waals surface area contributed by atoms with E-state index in [4.69, 9.17) is 0 Å². The second-order valence-corrected chi connectivity index (χ2v) is 7.39. The molecule has 0 bridgehead atoms. The van der Waals surface area contributed by atoms with E-state index in [1.54, 1.807) is 0 Å². The van der Waals surface area contributed by atoms with E-state index in [0.29, 0.717) is 5.56 Å². The van der Waals surface area contributed by atoms with Gasteiger partial charge in [0.25, 0.3) is 0 Å². The Bertz CT molecular complexity index is 535. The van der Waals surface area contributed by atoms with Gasteiger partial charge in [0, 0.05) is 16.6 Å². The second kappa shape index (κ2) is 6.81. The Labute approximate surface area is 136 Å². The molecule has 0 heterocycles. The second-order valence-electron chi connectivity index (χ2n) is 6.48. The maximum absolute atomic E-state index is 9.25. The maximum Gasteiger partial charge on any atom is 0.101 e. The number of halogens is 1. The fourth-order valence-corrected chi connectivity index (χ4v) is 3.74. The summed E-state index contributed by atoms with van der Waals surface area (Å²) in [5.41, 5.74) is 1.81. The van der Waals surface area contributed by atoms with Crippen LogP contribution in [0.1, 0.15) is 38.2 Å². The zero-order chi connectivity index (χ0) is 15.5. The summed E-state index contributed by atoms with van der Waals surface area (Å²) in [4.78, 5) is 2.36. The Balaban J connectivity index is 2.16. The SMILES string of the molecule is CC1CCCC(CNc2cc(Br)ccc2C#N)(N(C)C)C1. The number of anilines is 1. The third kappa shape index (κ3) is 3.78. The smallest absolute Gasteiger partial charge is 0.101 e. The summed E-state index contributed by atoms with van der Waals surface area (Å²) in [5, 5.41) is 12.8. The van der Waals surface area contributed by atoms with Gasteiger partial charge in [-0.2, -0.15) is 5.26 Å². The first-order valence-electron chi connectivity index (χ1n) is 7.58. The highest BCUT2D eigenvalue weighted by atomic mass is 79.9. The molecule has 2 unspecified atom stereocenters. The number of rotatable bonds is 4. The highest BCUT2D eigenvalue weighted by Gasteiger charge is 2.36. The molecule has 0 aliphatic heterocycles. The molecule has 3 nitrogen and oxygen atoms in total. The first-order chi connectivity index (χ1) is 9.97. The number of nitrogens with zero attached hydrogens (tertiary/aromatic N) is 2. The van der Waals surface area contributed by atoms with Crippen molar-refractivity contribution in [3.8, 4) is 6.07 Å². The van der Waals surface area contributed by atoms with Gasteiger partial charge in [0.05, 0.1) is 11.3 Å². The van der Waals surface area contributed by atoms with Crippen molar-refractivity contribution in [2.75, 3.05) is 26.0 Å². The molecule has 2 rings (SSSR count). The molecule has 114 valence electrons. The number of nitriles is 1. The van der Waals surface area contributed by atoms with Crippen LogP contribution in [0.15, 0.2) is 22.7 Å². The number of nitrogens with one attached hydrogen (secondary N) is 1. The molecule has 1 N–H and O–H groups in total. The Hall–Kier alpha value is -1.05. The van der Waals surface area contributed by atoms with Crippen LogP contribution in [0.4, 0.5) is 5.69 Å². The molecule has 1 aliphatic carbocycles. The quantitative estimate of drug-likeness (QED) is 0.883. The number of hydrogen-bond donors (Lipinski definition) is 1. The van der Waals surface area contributed by atoms with Crippen molar-refractivity contribution in [3.05, 3.63) is 28.2 Å². The van der Waals surface area contributed by atoms with Gasteiger partial charge in [-0.3, -0.25) is 0 Å². The van der Waals surface area contributed by atoms with Gasteiger partial charge in [-0.15, -0.1) is 0 Å². The fraction of sp³-hybridized carbons (Fsp3) is 0.588. The van der Waals surface area contributed by atoms with E-state index in [2.05, 4.69) is 53.2 Å². The predicted molar refractivity (Wildman–Crippen MR) is 91.4 cm³/mol. The zero-order valence-corrected chi connectivity index (χ0v) is 14.7. The van der Waals surface area contributed by atoms with E-state index in [-0.39, 0.29) is 5.54 Å². The molecule has 0 saturated heterocycles. The number of hydrogen-bond acceptors (Lipinski definition) is 3. The Morgan fingerprint density at radius 2 is 2.24 bits per heavy atom. The molecule has 0 amide bonds. The van der Waals surface area contributed by atoms with Crippen LogP contribution in [0, 0.1) is 17.2 Å². The lowest BCUT2D eigenvalue weighted by molar-refractivity contribution is 0.0882. The Kier molecular flexibility index (Phi) is 5.29. The van der Waals surface area contributed by atoms with E-state index in [1.807, 2.05) is 18.2 Å². The van der Waals surface area contributed by atoms with Gasteiger partial charge in [-0.25, -0.2) is 0 Å². The van der Waals surface area contributed by atoms with Gasteiger partial charge in [-0.1, -0.05) is 35.7 Å². The van der Waals surface area contributed by atoms with Crippen molar-refractivity contribution in [1.82, 2.24) is 4.90 Å². The molecule has 1 aromatic rings. The number of benzene rings is 1. The van der Waals surface area contributed by atoms with Crippen molar-refractivity contribution in [2.24, 2.45) is 5.92 Å². The maximum atomic E-state index is 9.25. The molecule has 1 saturated carbocycles. The third-order valence-electron chi connectivity index (χ3n) is 4.73. The molecular weight excluding hydrogens is 326 g/mol. The first-order valence-corrected chi connectivity index (χ1v) is 8.37. The van der Waals surface area contributed by atoms with E-state index < -0.39 is 0 Å². The summed E-state index contributed by atoms with van der Waals surface area (Å²) < 4.78 is 1.000. The number of likely N-dealkylation sites (N-methyl/N-ethyl adjacent to an activating group) is 1.